The molecule has 11 nitrogen and oxygen atoms in total. The lowest BCUT2D eigenvalue weighted by Gasteiger charge is -2.29. The van der Waals surface area contributed by atoms with Crippen LogP contribution < -0.4 is 21.3 Å². The van der Waals surface area contributed by atoms with Crippen molar-refractivity contribution < 1.29 is 24.0 Å². The minimum absolute atomic E-state index is 0.0111. The number of nitrogens with one attached hydrogen (secondary N) is 5. The Hall–Kier alpha value is -4.54. The van der Waals surface area contributed by atoms with Gasteiger partial charge < -0.3 is 26.3 Å². The summed E-state index contributed by atoms with van der Waals surface area (Å²) >= 11 is 0. The molecule has 44 heavy (non-hydrogen) atoms. The number of hydrogen-bond donors (Lipinski definition) is 5. The number of carbonyl (C=O) groups excluding carboxylic acids is 5. The summed E-state index contributed by atoms with van der Waals surface area (Å²) in [6.45, 7) is 0.697. The van der Waals surface area contributed by atoms with E-state index in [1.54, 1.807) is 6.07 Å². The van der Waals surface area contributed by atoms with E-state index in [0.717, 1.165) is 44.1 Å². The number of carbonyl (C=O) groups is 5. The zero-order valence-corrected chi connectivity index (χ0v) is 24.8. The van der Waals surface area contributed by atoms with Crippen LogP contribution in [0.25, 0.3) is 11.0 Å². The highest BCUT2D eigenvalue weighted by Gasteiger charge is 2.35. The van der Waals surface area contributed by atoms with Gasteiger partial charge in [-0.05, 0) is 49.3 Å². The van der Waals surface area contributed by atoms with Crippen molar-refractivity contribution >= 4 is 40.4 Å². The molecule has 1 aliphatic heterocycles. The van der Waals surface area contributed by atoms with Gasteiger partial charge in [0.05, 0.1) is 17.1 Å². The van der Waals surface area contributed by atoms with Gasteiger partial charge in [0.15, 0.2) is 5.82 Å². The molecule has 1 saturated carbocycles. The van der Waals surface area contributed by atoms with Crippen molar-refractivity contribution in [1.29, 1.82) is 0 Å². The molecule has 5 N–H and O–H groups in total. The summed E-state index contributed by atoms with van der Waals surface area (Å²) in [6, 6.07) is 14.2. The van der Waals surface area contributed by atoms with Gasteiger partial charge >= 0.3 is 0 Å². The normalized spacial score (nSPS) is 18.5. The van der Waals surface area contributed by atoms with Crippen LogP contribution in [0.4, 0.5) is 0 Å². The number of H-pyrrole nitrogens is 1. The van der Waals surface area contributed by atoms with Gasteiger partial charge in [-0.25, -0.2) is 4.98 Å². The van der Waals surface area contributed by atoms with Crippen LogP contribution in [-0.2, 0) is 25.7 Å². The van der Waals surface area contributed by atoms with E-state index in [-0.39, 0.29) is 30.6 Å². The van der Waals surface area contributed by atoms with Crippen LogP contribution in [0.5, 0.6) is 0 Å². The van der Waals surface area contributed by atoms with Gasteiger partial charge in [-0.15, -0.1) is 0 Å². The third kappa shape index (κ3) is 8.09. The molecule has 1 saturated heterocycles. The van der Waals surface area contributed by atoms with Crippen molar-refractivity contribution in [2.45, 2.75) is 76.4 Å². The SMILES string of the molecule is O=C(NCc1ccccc1)C(=O)[C@H](C[C@@H]1CCCNC1=O)NC(=O)C(CC1CCCCC1)NC(=O)c1nc2ccccc2[nH]1. The Bertz CT molecular complexity index is 1450. The van der Waals surface area contributed by atoms with Gasteiger partial charge in [0, 0.05) is 19.0 Å². The standard InChI is InChI=1S/C33H40N6O5/c40-28(32(43)35-20-22-12-5-2-6-13-22)26(19-23-14-9-17-34-30(23)41)38-31(42)27(18-21-10-3-1-4-11-21)39-33(44)29-36-24-15-7-8-16-25(24)37-29/h2,5-8,12-13,15-16,21,23,26-27H,1,3-4,9-11,14,17-20H2,(H,34,41)(H,35,43)(H,36,37)(H,38,42)(H,39,44)/t23-,26-,27?/m0/s1. The van der Waals surface area contributed by atoms with Gasteiger partial charge in [-0.1, -0.05) is 74.6 Å². The molecule has 11 heteroatoms. The molecule has 0 bridgehead atoms. The fourth-order valence-corrected chi connectivity index (χ4v) is 6.15. The fourth-order valence-electron chi connectivity index (χ4n) is 6.15. The van der Waals surface area contributed by atoms with Crippen molar-refractivity contribution in [2.75, 3.05) is 6.54 Å². The first-order valence-corrected chi connectivity index (χ1v) is 15.6. The summed E-state index contributed by atoms with van der Waals surface area (Å²) in [7, 11) is 0. The molecule has 2 aliphatic rings. The maximum Gasteiger partial charge on any atom is 0.289 e. The summed E-state index contributed by atoms with van der Waals surface area (Å²) in [4.78, 5) is 73.6. The first-order chi connectivity index (χ1) is 21.4. The lowest BCUT2D eigenvalue weighted by molar-refractivity contribution is -0.141. The van der Waals surface area contributed by atoms with Crippen LogP contribution in [0.3, 0.4) is 0 Å². The van der Waals surface area contributed by atoms with Crippen LogP contribution in [0.1, 0.15) is 74.0 Å². The molecule has 232 valence electrons. The van der Waals surface area contributed by atoms with Crippen LogP contribution in [0.15, 0.2) is 54.6 Å². The van der Waals surface area contributed by atoms with Crippen molar-refractivity contribution in [3.63, 3.8) is 0 Å². The lowest BCUT2D eigenvalue weighted by Crippen LogP contribution is -2.55. The molecule has 2 heterocycles. The minimum Gasteiger partial charge on any atom is -0.356 e. The van der Waals surface area contributed by atoms with Gasteiger partial charge in [-0.2, -0.15) is 0 Å². The Morgan fingerprint density at radius 3 is 2.34 bits per heavy atom. The predicted octanol–water partition coefficient (Wildman–Crippen LogP) is 2.92. The van der Waals surface area contributed by atoms with Gasteiger partial charge in [-0.3, -0.25) is 24.0 Å². The topological polar surface area (TPSA) is 162 Å². The number of para-hydroxylation sites is 2. The number of nitrogens with zero attached hydrogens (tertiary/aromatic N) is 1. The van der Waals surface area contributed by atoms with Gasteiger partial charge in [0.1, 0.15) is 6.04 Å². The average molecular weight is 601 g/mol. The Kier molecular flexibility index (Phi) is 10.4. The molecule has 1 aliphatic carbocycles. The fraction of sp³-hybridized carbons (Fsp3) is 0.455. The zero-order chi connectivity index (χ0) is 30.9. The summed E-state index contributed by atoms with van der Waals surface area (Å²) in [5.74, 6) is -3.19. The Balaban J connectivity index is 1.33. The van der Waals surface area contributed by atoms with E-state index in [0.29, 0.717) is 30.4 Å². The van der Waals surface area contributed by atoms with Crippen LogP contribution in [0.2, 0.25) is 0 Å². The number of fused-ring (bicyclic) bond motifs is 1. The van der Waals surface area contributed by atoms with E-state index in [1.807, 2.05) is 48.5 Å². The molecule has 3 aromatic rings. The van der Waals surface area contributed by atoms with Crippen molar-refractivity contribution in [3.05, 3.63) is 66.0 Å². The highest BCUT2D eigenvalue weighted by atomic mass is 16.2. The number of Topliss-reactive ketones (excluding diaryl/α,β-unsaturated/α-hetero) is 1. The molecule has 4 amide bonds. The molecular formula is C33H40N6O5. The number of ketones is 1. The van der Waals surface area contributed by atoms with E-state index in [9.17, 15) is 24.0 Å². The summed E-state index contributed by atoms with van der Waals surface area (Å²) in [6.07, 6.45) is 6.79. The zero-order valence-electron chi connectivity index (χ0n) is 24.8. The average Bonchev–Trinajstić information content (AvgIpc) is 3.49. The monoisotopic (exact) mass is 600 g/mol. The second-order valence-electron chi connectivity index (χ2n) is 11.8. The summed E-state index contributed by atoms with van der Waals surface area (Å²) < 4.78 is 0. The lowest BCUT2D eigenvalue weighted by atomic mass is 9.84. The summed E-state index contributed by atoms with van der Waals surface area (Å²) in [5, 5.41) is 11.0. The Labute approximate surface area is 256 Å². The van der Waals surface area contributed by atoms with E-state index in [2.05, 4.69) is 31.2 Å². The number of rotatable bonds is 12. The molecule has 1 aromatic heterocycles. The number of piperidine rings is 1. The number of amides is 4. The van der Waals surface area contributed by atoms with E-state index in [1.165, 1.54) is 0 Å². The van der Waals surface area contributed by atoms with Gasteiger partial charge in [0.25, 0.3) is 11.8 Å². The molecule has 1 unspecified atom stereocenters. The number of hydrogen-bond acceptors (Lipinski definition) is 6. The molecule has 2 aromatic carbocycles. The van der Waals surface area contributed by atoms with E-state index >= 15 is 0 Å². The molecular weight excluding hydrogens is 560 g/mol. The van der Waals surface area contributed by atoms with Gasteiger partial charge in [0.2, 0.25) is 17.6 Å². The first-order valence-electron chi connectivity index (χ1n) is 15.6. The minimum atomic E-state index is -1.23. The first kappa shape index (κ1) is 30.9. The van der Waals surface area contributed by atoms with Crippen LogP contribution in [-0.4, -0.2) is 58.0 Å². The van der Waals surface area contributed by atoms with Crippen molar-refractivity contribution in [1.82, 2.24) is 31.2 Å². The smallest absolute Gasteiger partial charge is 0.289 e. The quantitative estimate of drug-likeness (QED) is 0.201. The van der Waals surface area contributed by atoms with Crippen molar-refractivity contribution in [3.8, 4) is 0 Å². The van der Waals surface area contributed by atoms with Crippen LogP contribution >= 0.6 is 0 Å². The second kappa shape index (κ2) is 14.8. The van der Waals surface area contributed by atoms with Crippen LogP contribution in [0, 0.1) is 11.8 Å². The largest absolute Gasteiger partial charge is 0.356 e. The third-order valence-electron chi connectivity index (χ3n) is 8.59. The van der Waals surface area contributed by atoms with Crippen molar-refractivity contribution in [2.24, 2.45) is 11.8 Å². The maximum absolute atomic E-state index is 13.9. The molecule has 0 spiro atoms. The molecule has 2 fully saturated rings. The predicted molar refractivity (Wildman–Crippen MR) is 164 cm³/mol. The number of aromatic nitrogens is 2. The molecule has 5 rings (SSSR count). The molecule has 0 radical (unpaired) electrons. The maximum atomic E-state index is 13.9. The highest BCUT2D eigenvalue weighted by Crippen LogP contribution is 2.28. The van der Waals surface area contributed by atoms with E-state index < -0.39 is 41.5 Å². The second-order valence-corrected chi connectivity index (χ2v) is 11.8. The number of aromatic amines is 1. The Morgan fingerprint density at radius 1 is 0.841 bits per heavy atom. The van der Waals surface area contributed by atoms with E-state index in [4.69, 9.17) is 0 Å². The number of imidazole rings is 1. The summed E-state index contributed by atoms with van der Waals surface area (Å²) in [5.41, 5.74) is 2.15. The highest BCUT2D eigenvalue weighted by molar-refractivity contribution is 6.38. The third-order valence-corrected chi connectivity index (χ3v) is 8.59. The molecule has 3 atom stereocenters. The number of benzene rings is 2. The Morgan fingerprint density at radius 2 is 1.59 bits per heavy atom.